The highest BCUT2D eigenvalue weighted by atomic mass is 35.5. The largest absolute Gasteiger partial charge is 0.487 e. The number of likely N-dealkylation sites (N-methyl/N-ethyl adjacent to an activating group) is 1. The summed E-state index contributed by atoms with van der Waals surface area (Å²) >= 11 is 12.4. The number of nitriles is 1. The van der Waals surface area contributed by atoms with Gasteiger partial charge in [0.05, 0.1) is 20.6 Å². The molecule has 1 saturated heterocycles. The van der Waals surface area contributed by atoms with Gasteiger partial charge in [0, 0.05) is 19.2 Å². The summed E-state index contributed by atoms with van der Waals surface area (Å²) in [6.07, 6.45) is 0.873. The number of nitrogens with zero attached hydrogens (tertiary/aromatic N) is 2. The molecule has 0 aliphatic carbocycles. The number of ether oxygens (including phenoxy) is 2. The lowest BCUT2D eigenvalue weighted by atomic mass is 10.1. The normalized spacial score (nSPS) is 15.9. The quantitative estimate of drug-likeness (QED) is 0.382. The van der Waals surface area contributed by atoms with Crippen LogP contribution in [-0.2, 0) is 10.0 Å². The van der Waals surface area contributed by atoms with Crippen molar-refractivity contribution in [3.8, 4) is 23.3 Å². The number of nitrogens with one attached hydrogen (secondary N) is 1. The molecule has 3 aromatic carbocycles. The molecule has 1 N–H and O–H groups in total. The summed E-state index contributed by atoms with van der Waals surface area (Å²) < 4.78 is 41.2. The molecule has 7 nitrogen and oxygen atoms in total. The fraction of sp³-hybridized carbons (Fsp3) is 0.269. The van der Waals surface area contributed by atoms with Crippen LogP contribution < -0.4 is 14.2 Å². The minimum atomic E-state index is -3.94. The minimum absolute atomic E-state index is 0.00237. The fourth-order valence-electron chi connectivity index (χ4n) is 4.25. The summed E-state index contributed by atoms with van der Waals surface area (Å²) in [5, 5.41) is 10.1. The molecule has 1 aliphatic heterocycles. The number of halogens is 2. The molecular weight excluding hydrogens is 521 g/mol. The van der Waals surface area contributed by atoms with E-state index in [0.29, 0.717) is 39.1 Å². The van der Waals surface area contributed by atoms with Crippen LogP contribution in [0.15, 0.2) is 53.4 Å². The number of rotatable bonds is 7. The van der Waals surface area contributed by atoms with Crippen LogP contribution in [-0.4, -0.2) is 39.6 Å². The van der Waals surface area contributed by atoms with Crippen LogP contribution in [0.4, 0.5) is 5.69 Å². The topological polar surface area (TPSA) is 91.7 Å². The second-order valence-corrected chi connectivity index (χ2v) is 11.2. The van der Waals surface area contributed by atoms with Crippen molar-refractivity contribution < 1.29 is 17.9 Å². The molecule has 1 heterocycles. The lowest BCUT2D eigenvalue weighted by Crippen LogP contribution is -2.21. The van der Waals surface area contributed by atoms with E-state index in [4.69, 9.17) is 32.7 Å². The van der Waals surface area contributed by atoms with Crippen LogP contribution in [0.1, 0.15) is 23.1 Å². The van der Waals surface area contributed by atoms with E-state index in [-0.39, 0.29) is 21.6 Å². The Kier molecular flexibility index (Phi) is 7.67. The molecular formula is C26H25Cl2N3O4S. The van der Waals surface area contributed by atoms with Crippen LogP contribution in [0.5, 0.6) is 17.2 Å². The monoisotopic (exact) mass is 545 g/mol. The summed E-state index contributed by atoms with van der Waals surface area (Å²) in [4.78, 5) is 2.30. The summed E-state index contributed by atoms with van der Waals surface area (Å²) in [7, 11) is -1.91. The third kappa shape index (κ3) is 5.71. The first-order valence-electron chi connectivity index (χ1n) is 11.2. The summed E-state index contributed by atoms with van der Waals surface area (Å²) in [6.45, 7) is 5.08. The van der Waals surface area contributed by atoms with Gasteiger partial charge in [-0.1, -0.05) is 29.3 Å². The molecule has 1 atom stereocenters. The van der Waals surface area contributed by atoms with Crippen molar-refractivity contribution in [1.29, 1.82) is 5.26 Å². The Morgan fingerprint density at radius 1 is 1.06 bits per heavy atom. The molecule has 0 aromatic heterocycles. The maximum Gasteiger partial charge on any atom is 0.262 e. The molecule has 36 heavy (non-hydrogen) atoms. The van der Waals surface area contributed by atoms with Crippen LogP contribution in [0.25, 0.3) is 0 Å². The lowest BCUT2D eigenvalue weighted by molar-refractivity contribution is 0.208. The van der Waals surface area contributed by atoms with Gasteiger partial charge in [-0.2, -0.15) is 5.26 Å². The number of anilines is 1. The van der Waals surface area contributed by atoms with Gasteiger partial charge >= 0.3 is 0 Å². The Hall–Kier alpha value is -2.96. The average molecular weight is 546 g/mol. The van der Waals surface area contributed by atoms with Crippen molar-refractivity contribution in [2.75, 3.05) is 24.9 Å². The first-order valence-corrected chi connectivity index (χ1v) is 13.5. The summed E-state index contributed by atoms with van der Waals surface area (Å²) in [5.41, 5.74) is 1.52. The van der Waals surface area contributed by atoms with E-state index >= 15 is 0 Å². The Morgan fingerprint density at radius 3 is 2.42 bits per heavy atom. The maximum absolute atomic E-state index is 13.3. The van der Waals surface area contributed by atoms with Crippen LogP contribution in [0, 0.1) is 25.2 Å². The second-order valence-electron chi connectivity index (χ2n) is 8.75. The lowest BCUT2D eigenvalue weighted by Gasteiger charge is -2.18. The number of sulfonamides is 1. The van der Waals surface area contributed by atoms with E-state index in [1.165, 1.54) is 0 Å². The molecule has 10 heteroatoms. The predicted octanol–water partition coefficient (Wildman–Crippen LogP) is 6.16. The molecule has 188 valence electrons. The molecule has 1 aliphatic rings. The molecule has 0 saturated carbocycles. The van der Waals surface area contributed by atoms with Crippen LogP contribution in [0.3, 0.4) is 0 Å². The van der Waals surface area contributed by atoms with Gasteiger partial charge in [0.15, 0.2) is 0 Å². The molecule has 4 rings (SSSR count). The molecule has 0 unspecified atom stereocenters. The van der Waals surface area contributed by atoms with Crippen LogP contribution >= 0.6 is 23.2 Å². The highest BCUT2D eigenvalue weighted by Gasteiger charge is 2.24. The SMILES string of the molecule is Cc1cc(Oc2cccc(Cl)c2C#N)cc(C)c1S(=O)(=O)Nc1ccc(Cl)c(O[C@@H]2CCN(C)C2)c1. The van der Waals surface area contributed by atoms with Crippen molar-refractivity contribution in [2.24, 2.45) is 0 Å². The summed E-state index contributed by atoms with van der Waals surface area (Å²) in [5.74, 6) is 1.12. The number of benzene rings is 3. The summed E-state index contributed by atoms with van der Waals surface area (Å²) in [6, 6.07) is 15.0. The Labute approximate surface area is 221 Å². The van der Waals surface area contributed by atoms with Crippen molar-refractivity contribution in [3.63, 3.8) is 0 Å². The fourth-order valence-corrected chi connectivity index (χ4v) is 6.13. The molecule has 0 radical (unpaired) electrons. The molecule has 0 bridgehead atoms. The van der Waals surface area contributed by atoms with Gasteiger partial charge in [-0.15, -0.1) is 0 Å². The van der Waals surface area contributed by atoms with Crippen molar-refractivity contribution in [3.05, 3.63) is 75.3 Å². The number of aryl methyl sites for hydroxylation is 2. The average Bonchev–Trinajstić information content (AvgIpc) is 3.20. The zero-order valence-corrected chi connectivity index (χ0v) is 22.3. The molecule has 0 amide bonds. The zero-order valence-electron chi connectivity index (χ0n) is 20.0. The molecule has 0 spiro atoms. The predicted molar refractivity (Wildman–Crippen MR) is 141 cm³/mol. The Bertz CT molecular complexity index is 1430. The van der Waals surface area contributed by atoms with Gasteiger partial charge in [-0.05, 0) is 74.8 Å². The standard InChI is InChI=1S/C26H25Cl2N3O4S/c1-16-11-20(35-24-6-4-5-22(27)21(24)14-29)12-17(2)26(16)36(32,33)30-18-7-8-23(28)25(13-18)34-19-9-10-31(3)15-19/h4-8,11-13,19,30H,9-10,15H2,1-3H3/t19-/m1/s1. The minimum Gasteiger partial charge on any atom is -0.487 e. The van der Waals surface area contributed by atoms with Crippen LogP contribution in [0.2, 0.25) is 10.0 Å². The van der Waals surface area contributed by atoms with Gasteiger partial charge in [0.1, 0.15) is 35.0 Å². The van der Waals surface area contributed by atoms with Crippen molar-refractivity contribution in [2.45, 2.75) is 31.3 Å². The Balaban J connectivity index is 1.58. The number of likely N-dealkylation sites (tertiary alicyclic amines) is 1. The first-order chi connectivity index (χ1) is 17.1. The van der Waals surface area contributed by atoms with Gasteiger partial charge in [-0.25, -0.2) is 8.42 Å². The van der Waals surface area contributed by atoms with Gasteiger partial charge in [0.2, 0.25) is 0 Å². The highest BCUT2D eigenvalue weighted by molar-refractivity contribution is 7.92. The second kappa shape index (κ2) is 10.6. The third-order valence-electron chi connectivity index (χ3n) is 5.84. The van der Waals surface area contributed by atoms with E-state index < -0.39 is 10.0 Å². The van der Waals surface area contributed by atoms with E-state index in [1.807, 2.05) is 13.1 Å². The Morgan fingerprint density at radius 2 is 1.78 bits per heavy atom. The number of hydrogen-bond donors (Lipinski definition) is 1. The molecule has 3 aromatic rings. The van der Waals surface area contributed by atoms with E-state index in [2.05, 4.69) is 9.62 Å². The van der Waals surface area contributed by atoms with Crippen molar-refractivity contribution in [1.82, 2.24) is 4.90 Å². The van der Waals surface area contributed by atoms with E-state index in [9.17, 15) is 13.7 Å². The highest BCUT2D eigenvalue weighted by Crippen LogP contribution is 2.35. The smallest absolute Gasteiger partial charge is 0.262 e. The first kappa shape index (κ1) is 26.1. The van der Waals surface area contributed by atoms with E-state index in [1.54, 1.807) is 62.4 Å². The van der Waals surface area contributed by atoms with E-state index in [0.717, 1.165) is 19.5 Å². The zero-order chi connectivity index (χ0) is 26.0. The van der Waals surface area contributed by atoms with Gasteiger partial charge in [0.25, 0.3) is 10.0 Å². The van der Waals surface area contributed by atoms with Gasteiger partial charge < -0.3 is 14.4 Å². The van der Waals surface area contributed by atoms with Crippen molar-refractivity contribution >= 4 is 38.9 Å². The maximum atomic E-state index is 13.3. The number of hydrogen-bond acceptors (Lipinski definition) is 6. The third-order valence-corrected chi connectivity index (χ3v) is 8.16. The van der Waals surface area contributed by atoms with Gasteiger partial charge in [-0.3, -0.25) is 4.72 Å². The molecule has 1 fully saturated rings.